The van der Waals surface area contributed by atoms with Crippen LogP contribution in [0.5, 0.6) is 0 Å². The third-order valence-electron chi connectivity index (χ3n) is 3.03. The zero-order chi connectivity index (χ0) is 14.1. The highest BCUT2D eigenvalue weighted by molar-refractivity contribution is 7.71. The molecule has 104 valence electrons. The van der Waals surface area contributed by atoms with Gasteiger partial charge in [0.2, 0.25) is 9.73 Å². The normalized spacial score (nSPS) is 11.1. The Kier molecular flexibility index (Phi) is 3.41. The van der Waals surface area contributed by atoms with Crippen LogP contribution in [0.3, 0.4) is 0 Å². The fourth-order valence-electron chi connectivity index (χ4n) is 2.02. The number of rotatable bonds is 4. The molecule has 0 unspecified atom stereocenters. The molecule has 0 aliphatic heterocycles. The first-order chi connectivity index (χ1) is 9.66. The molecule has 0 aliphatic rings. The highest BCUT2D eigenvalue weighted by Crippen LogP contribution is 2.21. The summed E-state index contributed by atoms with van der Waals surface area (Å²) in [5, 5.41) is 9.71. The first-order valence-electron chi connectivity index (χ1n) is 6.12. The number of nitrogens with zero attached hydrogens (tertiary/aromatic N) is 3. The summed E-state index contributed by atoms with van der Waals surface area (Å²) in [7, 11) is 0. The minimum absolute atomic E-state index is 0.0837. The molecule has 0 saturated carbocycles. The molecule has 0 aromatic carbocycles. The van der Waals surface area contributed by atoms with E-state index in [2.05, 4.69) is 15.5 Å². The minimum Gasteiger partial charge on any atom is -0.353 e. The Morgan fingerprint density at radius 3 is 2.95 bits per heavy atom. The highest BCUT2D eigenvalue weighted by Gasteiger charge is 2.16. The molecule has 0 radical (unpaired) electrons. The highest BCUT2D eigenvalue weighted by atomic mass is 32.1. The molecule has 2 N–H and O–H groups in total. The van der Waals surface area contributed by atoms with Crippen LogP contribution in [0.2, 0.25) is 0 Å². The molecule has 8 heteroatoms. The lowest BCUT2D eigenvalue weighted by Gasteiger charge is -2.05. The van der Waals surface area contributed by atoms with E-state index in [1.165, 1.54) is 11.3 Å². The maximum Gasteiger partial charge on any atom is 0.263 e. The lowest BCUT2D eigenvalue weighted by Crippen LogP contribution is -2.26. The van der Waals surface area contributed by atoms with Gasteiger partial charge in [0.1, 0.15) is 4.88 Å². The molecular weight excluding hydrogens is 294 g/mol. The first-order valence-corrected chi connectivity index (χ1v) is 7.35. The number of nitrogens with one attached hydrogen (secondary N) is 2. The molecule has 3 aromatic heterocycles. The van der Waals surface area contributed by atoms with Gasteiger partial charge in [0.05, 0.1) is 0 Å². The molecule has 0 bridgehead atoms. The zero-order valence-corrected chi connectivity index (χ0v) is 12.4. The lowest BCUT2D eigenvalue weighted by molar-refractivity contribution is 0.0955. The quantitative estimate of drug-likeness (QED) is 0.724. The van der Waals surface area contributed by atoms with E-state index in [1.54, 1.807) is 4.40 Å². The second-order valence-corrected chi connectivity index (χ2v) is 5.70. The predicted octanol–water partition coefficient (Wildman–Crippen LogP) is 1.99. The van der Waals surface area contributed by atoms with Crippen LogP contribution in [0.25, 0.3) is 4.96 Å². The molecular formula is C12H13N5OS2. The molecule has 1 amide bonds. The Hall–Kier alpha value is -1.93. The summed E-state index contributed by atoms with van der Waals surface area (Å²) >= 11 is 6.47. The van der Waals surface area contributed by atoms with Gasteiger partial charge in [-0.25, -0.2) is 0 Å². The zero-order valence-electron chi connectivity index (χ0n) is 10.8. The molecule has 0 saturated heterocycles. The topological polar surface area (TPSA) is 67.1 Å². The molecule has 0 fully saturated rings. The van der Waals surface area contributed by atoms with E-state index in [9.17, 15) is 4.79 Å². The van der Waals surface area contributed by atoms with E-state index in [4.69, 9.17) is 12.2 Å². The van der Waals surface area contributed by atoms with Crippen molar-refractivity contribution in [2.45, 2.75) is 13.5 Å². The number of amides is 1. The van der Waals surface area contributed by atoms with E-state index in [-0.39, 0.29) is 5.91 Å². The number of thiazole rings is 1. The smallest absolute Gasteiger partial charge is 0.263 e. The van der Waals surface area contributed by atoms with Crippen molar-refractivity contribution in [3.63, 3.8) is 0 Å². The summed E-state index contributed by atoms with van der Waals surface area (Å²) < 4.78 is 4.31. The summed E-state index contributed by atoms with van der Waals surface area (Å²) in [6, 6.07) is 3.92. The Labute approximate surface area is 124 Å². The summed E-state index contributed by atoms with van der Waals surface area (Å²) in [5.41, 5.74) is 0.821. The Bertz CT molecular complexity index is 796. The van der Waals surface area contributed by atoms with Crippen molar-refractivity contribution < 1.29 is 4.79 Å². The van der Waals surface area contributed by atoms with Crippen LogP contribution in [-0.4, -0.2) is 31.6 Å². The number of carbonyl (C=O) groups is 1. The first kappa shape index (κ1) is 13.1. The molecule has 0 atom stereocenters. The Morgan fingerprint density at radius 1 is 1.50 bits per heavy atom. The van der Waals surface area contributed by atoms with E-state index in [0.29, 0.717) is 21.2 Å². The van der Waals surface area contributed by atoms with Gasteiger partial charge in [0, 0.05) is 31.2 Å². The van der Waals surface area contributed by atoms with Crippen LogP contribution in [0, 0.1) is 11.7 Å². The monoisotopic (exact) mass is 307 g/mol. The Morgan fingerprint density at radius 2 is 2.25 bits per heavy atom. The van der Waals surface area contributed by atoms with Crippen LogP contribution in [0.15, 0.2) is 24.5 Å². The van der Waals surface area contributed by atoms with Crippen molar-refractivity contribution in [1.82, 2.24) is 24.5 Å². The van der Waals surface area contributed by atoms with Crippen molar-refractivity contribution in [2.24, 2.45) is 0 Å². The molecule has 3 aromatic rings. The van der Waals surface area contributed by atoms with Gasteiger partial charge in [-0.05, 0) is 31.3 Å². The average molecular weight is 307 g/mol. The van der Waals surface area contributed by atoms with Gasteiger partial charge < -0.3 is 9.88 Å². The van der Waals surface area contributed by atoms with E-state index in [0.717, 1.165) is 12.2 Å². The number of fused-ring (bicyclic) bond motifs is 1. The fourth-order valence-corrected chi connectivity index (χ4v) is 3.35. The van der Waals surface area contributed by atoms with Crippen molar-refractivity contribution in [3.05, 3.63) is 39.9 Å². The van der Waals surface area contributed by atoms with Crippen LogP contribution in [-0.2, 0) is 6.54 Å². The fraction of sp³-hybridized carbons (Fsp3) is 0.250. The van der Waals surface area contributed by atoms with Gasteiger partial charge in [0.25, 0.3) is 5.91 Å². The number of carbonyl (C=O) groups excluding carboxylic acids is 1. The molecule has 0 aliphatic carbocycles. The van der Waals surface area contributed by atoms with Crippen molar-refractivity contribution in [1.29, 1.82) is 0 Å². The van der Waals surface area contributed by atoms with Gasteiger partial charge >= 0.3 is 0 Å². The van der Waals surface area contributed by atoms with Gasteiger partial charge in [0.15, 0.2) is 0 Å². The van der Waals surface area contributed by atoms with Crippen molar-refractivity contribution >= 4 is 34.4 Å². The third kappa shape index (κ3) is 2.27. The Balaban J connectivity index is 1.72. The van der Waals surface area contributed by atoms with Crippen LogP contribution < -0.4 is 5.32 Å². The number of aryl methyl sites for hydroxylation is 1. The van der Waals surface area contributed by atoms with E-state index < -0.39 is 0 Å². The van der Waals surface area contributed by atoms with Gasteiger partial charge in [-0.3, -0.25) is 14.3 Å². The predicted molar refractivity (Wildman–Crippen MR) is 79.8 cm³/mol. The third-order valence-corrected chi connectivity index (χ3v) is 4.44. The SMILES string of the molecule is Cc1c(C(=O)NCCn2cccc2)sc2n[nH]c(=S)n12. The minimum atomic E-state index is -0.0837. The number of aromatic nitrogens is 4. The summed E-state index contributed by atoms with van der Waals surface area (Å²) in [6.07, 6.45) is 3.94. The second kappa shape index (κ2) is 5.22. The lowest BCUT2D eigenvalue weighted by atomic mass is 10.3. The largest absolute Gasteiger partial charge is 0.353 e. The molecule has 3 rings (SSSR count). The molecule has 6 nitrogen and oxygen atoms in total. The van der Waals surface area contributed by atoms with Crippen LogP contribution >= 0.6 is 23.6 Å². The maximum absolute atomic E-state index is 12.2. The second-order valence-electron chi connectivity index (χ2n) is 4.34. The summed E-state index contributed by atoms with van der Waals surface area (Å²) in [6.45, 7) is 3.20. The standard InChI is InChI=1S/C12H13N5OS2/c1-8-9(20-12-15-14-11(19)17(8)12)10(18)13-4-7-16-5-2-3-6-16/h2-3,5-6H,4,7H2,1H3,(H,13,18)(H,14,19). The number of H-pyrrole nitrogens is 1. The maximum atomic E-state index is 12.2. The van der Waals surface area contributed by atoms with Crippen molar-refractivity contribution in [2.75, 3.05) is 6.54 Å². The van der Waals surface area contributed by atoms with Gasteiger partial charge in [-0.2, -0.15) is 0 Å². The van der Waals surface area contributed by atoms with Crippen molar-refractivity contribution in [3.8, 4) is 0 Å². The van der Waals surface area contributed by atoms with Gasteiger partial charge in [-0.1, -0.05) is 11.3 Å². The molecule has 20 heavy (non-hydrogen) atoms. The summed E-state index contributed by atoms with van der Waals surface area (Å²) in [4.78, 5) is 13.5. The number of aromatic amines is 1. The van der Waals surface area contributed by atoms with Crippen LogP contribution in [0.1, 0.15) is 15.4 Å². The summed E-state index contributed by atoms with van der Waals surface area (Å²) in [5.74, 6) is -0.0837. The van der Waals surface area contributed by atoms with E-state index in [1.807, 2.05) is 36.0 Å². The average Bonchev–Trinajstić information content (AvgIpc) is 3.10. The molecule has 0 spiro atoms. The number of hydrogen-bond donors (Lipinski definition) is 2. The van der Waals surface area contributed by atoms with Crippen LogP contribution in [0.4, 0.5) is 0 Å². The molecule has 3 heterocycles. The number of hydrogen-bond acceptors (Lipinski definition) is 4. The van der Waals surface area contributed by atoms with Gasteiger partial charge in [-0.15, -0.1) is 5.10 Å². The van der Waals surface area contributed by atoms with E-state index >= 15 is 0 Å².